The SMILES string of the molecule is CC(NC(=O)CNC(=O)CC12CC3CC(CC(C3)C1)C2)c1cccc2ccccc12. The van der Waals surface area contributed by atoms with E-state index in [0.717, 1.165) is 28.7 Å². The van der Waals surface area contributed by atoms with Crippen LogP contribution in [-0.4, -0.2) is 18.4 Å². The molecule has 4 bridgehead atoms. The van der Waals surface area contributed by atoms with Gasteiger partial charge >= 0.3 is 0 Å². The predicted octanol–water partition coefficient (Wildman–Crippen LogP) is 4.74. The van der Waals surface area contributed by atoms with Crippen molar-refractivity contribution >= 4 is 22.6 Å². The van der Waals surface area contributed by atoms with Gasteiger partial charge in [0.05, 0.1) is 12.6 Å². The van der Waals surface area contributed by atoms with E-state index in [-0.39, 0.29) is 29.8 Å². The first-order valence-corrected chi connectivity index (χ1v) is 11.5. The Morgan fingerprint density at radius 2 is 1.57 bits per heavy atom. The van der Waals surface area contributed by atoms with Crippen LogP contribution in [0.1, 0.15) is 63.5 Å². The molecule has 4 aliphatic rings. The van der Waals surface area contributed by atoms with E-state index in [0.29, 0.717) is 6.42 Å². The Bertz CT molecular complexity index is 926. The maximum absolute atomic E-state index is 12.7. The minimum Gasteiger partial charge on any atom is -0.348 e. The number of nitrogens with one attached hydrogen (secondary N) is 2. The normalized spacial score (nSPS) is 30.2. The van der Waals surface area contributed by atoms with Crippen LogP contribution in [0.4, 0.5) is 0 Å². The van der Waals surface area contributed by atoms with Gasteiger partial charge in [0.25, 0.3) is 0 Å². The molecule has 4 saturated carbocycles. The van der Waals surface area contributed by atoms with Gasteiger partial charge < -0.3 is 10.6 Å². The number of amides is 2. The average Bonchev–Trinajstić information content (AvgIpc) is 2.70. The third-order valence-electron chi connectivity index (χ3n) is 7.81. The highest BCUT2D eigenvalue weighted by Crippen LogP contribution is 2.61. The first-order valence-electron chi connectivity index (χ1n) is 11.5. The lowest BCUT2D eigenvalue weighted by molar-refractivity contribution is -0.132. The van der Waals surface area contributed by atoms with Crippen LogP contribution < -0.4 is 10.6 Å². The van der Waals surface area contributed by atoms with E-state index in [9.17, 15) is 9.59 Å². The van der Waals surface area contributed by atoms with Crippen molar-refractivity contribution in [3.63, 3.8) is 0 Å². The molecular weight excluding hydrogens is 372 g/mol. The highest BCUT2D eigenvalue weighted by Gasteiger charge is 2.51. The van der Waals surface area contributed by atoms with Crippen LogP contribution >= 0.6 is 0 Å². The summed E-state index contributed by atoms with van der Waals surface area (Å²) in [6, 6.07) is 14.3. The van der Waals surface area contributed by atoms with Crippen LogP contribution in [-0.2, 0) is 9.59 Å². The summed E-state index contributed by atoms with van der Waals surface area (Å²) in [5, 5.41) is 8.27. The number of hydrogen-bond donors (Lipinski definition) is 2. The maximum atomic E-state index is 12.7. The van der Waals surface area contributed by atoms with Gasteiger partial charge in [-0.05, 0) is 85.0 Å². The summed E-state index contributed by atoms with van der Waals surface area (Å²) in [5.41, 5.74) is 1.31. The van der Waals surface area contributed by atoms with E-state index in [1.54, 1.807) is 0 Å². The molecule has 0 saturated heterocycles. The van der Waals surface area contributed by atoms with Crippen molar-refractivity contribution in [1.29, 1.82) is 0 Å². The van der Waals surface area contributed by atoms with E-state index in [1.165, 1.54) is 43.9 Å². The second-order valence-electron chi connectivity index (χ2n) is 10.2. The smallest absolute Gasteiger partial charge is 0.239 e. The third-order valence-corrected chi connectivity index (χ3v) is 7.81. The minimum atomic E-state index is -0.130. The summed E-state index contributed by atoms with van der Waals surface area (Å²) >= 11 is 0. The molecule has 0 spiro atoms. The van der Waals surface area contributed by atoms with Crippen molar-refractivity contribution in [3.05, 3.63) is 48.0 Å². The molecule has 0 heterocycles. The highest BCUT2D eigenvalue weighted by molar-refractivity contribution is 5.88. The van der Waals surface area contributed by atoms with Gasteiger partial charge in [-0.1, -0.05) is 42.5 Å². The number of rotatable bonds is 6. The van der Waals surface area contributed by atoms with E-state index in [1.807, 2.05) is 25.1 Å². The molecule has 4 fully saturated rings. The Morgan fingerprint density at radius 1 is 0.933 bits per heavy atom. The van der Waals surface area contributed by atoms with Crippen LogP contribution in [0.5, 0.6) is 0 Å². The number of carbonyl (C=O) groups excluding carboxylic acids is 2. The Kier molecular flexibility index (Phi) is 5.04. The Balaban J connectivity index is 1.15. The number of carbonyl (C=O) groups is 2. The molecule has 6 rings (SSSR count). The van der Waals surface area contributed by atoms with Crippen LogP contribution in [0.2, 0.25) is 0 Å². The lowest BCUT2D eigenvalue weighted by atomic mass is 9.49. The fourth-order valence-corrected chi connectivity index (χ4v) is 7.09. The van der Waals surface area contributed by atoms with Crippen molar-refractivity contribution in [1.82, 2.24) is 10.6 Å². The molecule has 2 aromatic rings. The third kappa shape index (κ3) is 3.84. The van der Waals surface area contributed by atoms with Crippen molar-refractivity contribution in [2.24, 2.45) is 23.2 Å². The molecular formula is C26H32N2O2. The Labute approximate surface area is 178 Å². The average molecular weight is 405 g/mol. The first-order chi connectivity index (χ1) is 14.5. The maximum Gasteiger partial charge on any atom is 0.239 e. The highest BCUT2D eigenvalue weighted by atomic mass is 16.2. The van der Waals surface area contributed by atoms with E-state index >= 15 is 0 Å². The lowest BCUT2D eigenvalue weighted by Gasteiger charge is -2.56. The van der Waals surface area contributed by atoms with E-state index in [2.05, 4.69) is 34.9 Å². The molecule has 0 radical (unpaired) electrons. The largest absolute Gasteiger partial charge is 0.348 e. The van der Waals surface area contributed by atoms with E-state index < -0.39 is 0 Å². The molecule has 0 aromatic heterocycles. The second-order valence-corrected chi connectivity index (χ2v) is 10.2. The van der Waals surface area contributed by atoms with Crippen LogP contribution in [0, 0.1) is 23.2 Å². The molecule has 4 aliphatic carbocycles. The van der Waals surface area contributed by atoms with Crippen molar-refractivity contribution in [3.8, 4) is 0 Å². The van der Waals surface area contributed by atoms with Gasteiger partial charge in [0, 0.05) is 6.42 Å². The molecule has 30 heavy (non-hydrogen) atoms. The second kappa shape index (κ2) is 7.72. The molecule has 2 aromatic carbocycles. The summed E-state index contributed by atoms with van der Waals surface area (Å²) in [6.07, 6.45) is 8.41. The zero-order valence-corrected chi connectivity index (χ0v) is 17.8. The summed E-state index contributed by atoms with van der Waals surface area (Å²) in [5.74, 6) is 2.44. The number of fused-ring (bicyclic) bond motifs is 1. The molecule has 2 N–H and O–H groups in total. The summed E-state index contributed by atoms with van der Waals surface area (Å²) < 4.78 is 0. The van der Waals surface area contributed by atoms with Gasteiger partial charge in [-0.2, -0.15) is 0 Å². The van der Waals surface area contributed by atoms with Crippen molar-refractivity contribution in [2.75, 3.05) is 6.54 Å². The summed E-state index contributed by atoms with van der Waals surface area (Å²) in [7, 11) is 0. The fourth-order valence-electron chi connectivity index (χ4n) is 7.09. The molecule has 1 unspecified atom stereocenters. The standard InChI is InChI=1S/C26H32N2O2/c1-17(22-8-4-6-21-5-2-3-7-23(21)22)28-25(30)16-27-24(29)15-26-12-18-9-19(13-26)11-20(10-18)14-26/h2-8,17-20H,9-16H2,1H3,(H,27,29)(H,28,30). The summed E-state index contributed by atoms with van der Waals surface area (Å²) in [6.45, 7) is 2.05. The lowest BCUT2D eigenvalue weighted by Crippen LogP contribution is -2.48. The zero-order chi connectivity index (χ0) is 20.7. The molecule has 4 nitrogen and oxygen atoms in total. The monoisotopic (exact) mass is 404 g/mol. The zero-order valence-electron chi connectivity index (χ0n) is 17.8. The van der Waals surface area contributed by atoms with Crippen molar-refractivity contribution in [2.45, 2.75) is 57.9 Å². The Morgan fingerprint density at radius 3 is 2.27 bits per heavy atom. The number of benzene rings is 2. The molecule has 4 heteroatoms. The van der Waals surface area contributed by atoms with Crippen LogP contribution in [0.25, 0.3) is 10.8 Å². The minimum absolute atomic E-state index is 0.0462. The van der Waals surface area contributed by atoms with E-state index in [4.69, 9.17) is 0 Å². The van der Waals surface area contributed by atoms with Gasteiger partial charge in [-0.25, -0.2) is 0 Å². The van der Waals surface area contributed by atoms with Crippen molar-refractivity contribution < 1.29 is 9.59 Å². The van der Waals surface area contributed by atoms with Gasteiger partial charge in [-0.15, -0.1) is 0 Å². The van der Waals surface area contributed by atoms with Gasteiger partial charge in [-0.3, -0.25) is 9.59 Å². The summed E-state index contributed by atoms with van der Waals surface area (Å²) in [4.78, 5) is 25.2. The van der Waals surface area contributed by atoms with Gasteiger partial charge in [0.1, 0.15) is 0 Å². The molecule has 0 aliphatic heterocycles. The molecule has 158 valence electrons. The number of hydrogen-bond acceptors (Lipinski definition) is 2. The van der Waals surface area contributed by atoms with Crippen LogP contribution in [0.15, 0.2) is 42.5 Å². The quantitative estimate of drug-likeness (QED) is 0.731. The topological polar surface area (TPSA) is 58.2 Å². The van der Waals surface area contributed by atoms with Gasteiger partial charge in [0.15, 0.2) is 0 Å². The first kappa shape index (κ1) is 19.6. The Hall–Kier alpha value is -2.36. The fraction of sp³-hybridized carbons (Fsp3) is 0.538. The van der Waals surface area contributed by atoms with Crippen LogP contribution in [0.3, 0.4) is 0 Å². The molecule has 2 amide bonds. The molecule has 1 atom stereocenters. The van der Waals surface area contributed by atoms with Gasteiger partial charge in [0.2, 0.25) is 11.8 Å². The predicted molar refractivity (Wildman–Crippen MR) is 119 cm³/mol.